The van der Waals surface area contributed by atoms with Gasteiger partial charge in [0, 0.05) is 36.8 Å². The number of nitrogens with one attached hydrogen (secondary N) is 1. The van der Waals surface area contributed by atoms with E-state index in [1.54, 1.807) is 0 Å². The highest BCUT2D eigenvalue weighted by atomic mass is 16.5. The second kappa shape index (κ2) is 7.46. The molecule has 5 nitrogen and oxygen atoms in total. The predicted molar refractivity (Wildman–Crippen MR) is 98.6 cm³/mol. The molecule has 0 spiro atoms. The van der Waals surface area contributed by atoms with E-state index in [1.165, 1.54) is 0 Å². The Bertz CT molecular complexity index is 621. The molecule has 1 aromatic carbocycles. The van der Waals surface area contributed by atoms with Crippen LogP contribution in [0.4, 0.5) is 0 Å². The number of fused-ring (bicyclic) bond motifs is 1. The quantitative estimate of drug-likeness (QED) is 0.654. The molecule has 2 aliphatic rings. The number of aliphatic hydroxyl groups excluding tert-OH is 2. The summed E-state index contributed by atoms with van der Waals surface area (Å²) in [6, 6.07) is 8.22. The van der Waals surface area contributed by atoms with Gasteiger partial charge in [0.25, 0.3) is 0 Å². The fourth-order valence-corrected chi connectivity index (χ4v) is 4.56. The number of nitrogens with zero attached hydrogens (tertiary/aromatic N) is 1. The molecule has 5 heteroatoms. The van der Waals surface area contributed by atoms with Crippen molar-refractivity contribution in [2.75, 3.05) is 40.0 Å². The van der Waals surface area contributed by atoms with E-state index in [4.69, 9.17) is 4.74 Å². The summed E-state index contributed by atoms with van der Waals surface area (Å²) in [5.41, 5.74) is 1.68. The smallest absolute Gasteiger partial charge is 0.124 e. The summed E-state index contributed by atoms with van der Waals surface area (Å²) in [7, 11) is 2.12. The Hall–Kier alpha value is -1.40. The van der Waals surface area contributed by atoms with Crippen LogP contribution in [0.15, 0.2) is 36.4 Å². The minimum Gasteiger partial charge on any atom is -0.489 e. The Balaban J connectivity index is 1.93. The largest absolute Gasteiger partial charge is 0.489 e. The Kier molecular flexibility index (Phi) is 5.49. The minimum atomic E-state index is -0.434. The molecule has 0 radical (unpaired) electrons. The molecular formula is C20H30N2O3. The van der Waals surface area contributed by atoms with Gasteiger partial charge in [0.2, 0.25) is 0 Å². The maximum Gasteiger partial charge on any atom is 0.124 e. The number of benzene rings is 1. The highest BCUT2D eigenvalue weighted by Gasteiger charge is 2.56. The Morgan fingerprint density at radius 1 is 1.36 bits per heavy atom. The molecular weight excluding hydrogens is 316 g/mol. The van der Waals surface area contributed by atoms with Gasteiger partial charge in [-0.2, -0.15) is 0 Å². The lowest BCUT2D eigenvalue weighted by Gasteiger charge is -2.34. The Morgan fingerprint density at radius 2 is 2.12 bits per heavy atom. The fraction of sp³-hybridized carbons (Fsp3) is 0.600. The van der Waals surface area contributed by atoms with Gasteiger partial charge in [0.15, 0.2) is 0 Å². The summed E-state index contributed by atoms with van der Waals surface area (Å²) in [6.07, 6.45) is 0.559. The summed E-state index contributed by atoms with van der Waals surface area (Å²) in [5.74, 6) is 1.57. The van der Waals surface area contributed by atoms with Crippen LogP contribution in [-0.4, -0.2) is 60.6 Å². The van der Waals surface area contributed by atoms with Gasteiger partial charge in [-0.25, -0.2) is 0 Å². The zero-order valence-corrected chi connectivity index (χ0v) is 15.2. The van der Waals surface area contributed by atoms with Crippen LogP contribution in [0.1, 0.15) is 24.9 Å². The summed E-state index contributed by atoms with van der Waals surface area (Å²) in [5, 5.41) is 23.4. The predicted octanol–water partition coefficient (Wildman–Crippen LogP) is 1.58. The lowest BCUT2D eigenvalue weighted by Crippen LogP contribution is -2.51. The van der Waals surface area contributed by atoms with E-state index in [0.29, 0.717) is 24.9 Å². The molecule has 138 valence electrons. The van der Waals surface area contributed by atoms with Crippen LogP contribution in [0.25, 0.3) is 0 Å². The maximum absolute atomic E-state index is 10.2. The molecule has 2 heterocycles. The van der Waals surface area contributed by atoms with Gasteiger partial charge in [-0.3, -0.25) is 0 Å². The Morgan fingerprint density at radius 3 is 2.80 bits per heavy atom. The van der Waals surface area contributed by atoms with Crippen molar-refractivity contribution in [2.24, 2.45) is 11.8 Å². The topological polar surface area (TPSA) is 65.0 Å². The number of likely N-dealkylation sites (tertiary alicyclic amines) is 1. The first-order valence-electron chi connectivity index (χ1n) is 9.05. The molecule has 0 amide bonds. The third-order valence-corrected chi connectivity index (χ3v) is 5.70. The molecule has 2 aliphatic heterocycles. The van der Waals surface area contributed by atoms with Crippen molar-refractivity contribution >= 4 is 0 Å². The zero-order valence-electron chi connectivity index (χ0n) is 15.2. The zero-order chi connectivity index (χ0) is 18.0. The molecule has 0 bridgehead atoms. The first kappa shape index (κ1) is 18.4. The van der Waals surface area contributed by atoms with Crippen LogP contribution in [0.3, 0.4) is 0 Å². The number of ether oxygens (including phenoxy) is 1. The molecule has 4 atom stereocenters. The summed E-state index contributed by atoms with van der Waals surface area (Å²) < 4.78 is 5.98. The van der Waals surface area contributed by atoms with Crippen molar-refractivity contribution in [1.29, 1.82) is 0 Å². The molecule has 2 saturated heterocycles. The van der Waals surface area contributed by atoms with Gasteiger partial charge in [-0.05, 0) is 43.9 Å². The number of rotatable bonds is 7. The van der Waals surface area contributed by atoms with Gasteiger partial charge >= 0.3 is 0 Å². The van der Waals surface area contributed by atoms with E-state index in [0.717, 1.165) is 30.0 Å². The van der Waals surface area contributed by atoms with Gasteiger partial charge < -0.3 is 25.2 Å². The average Bonchev–Trinajstić information content (AvgIpc) is 3.11. The number of para-hydroxylation sites is 1. The van der Waals surface area contributed by atoms with Crippen LogP contribution in [0.2, 0.25) is 0 Å². The summed E-state index contributed by atoms with van der Waals surface area (Å²) >= 11 is 0. The number of hydrogen-bond acceptors (Lipinski definition) is 5. The number of aliphatic hydroxyl groups is 2. The third-order valence-electron chi connectivity index (χ3n) is 5.70. The van der Waals surface area contributed by atoms with Crippen LogP contribution < -0.4 is 10.1 Å². The minimum absolute atomic E-state index is 0.0356. The highest BCUT2D eigenvalue weighted by Crippen LogP contribution is 2.49. The van der Waals surface area contributed by atoms with Crippen molar-refractivity contribution < 1.29 is 14.9 Å². The van der Waals surface area contributed by atoms with E-state index < -0.39 is 5.54 Å². The average molecular weight is 346 g/mol. The normalized spacial score (nSPS) is 31.9. The van der Waals surface area contributed by atoms with Gasteiger partial charge in [0.1, 0.15) is 12.4 Å². The Labute approximate surface area is 150 Å². The van der Waals surface area contributed by atoms with E-state index in [2.05, 4.69) is 29.9 Å². The molecule has 0 saturated carbocycles. The first-order valence-corrected chi connectivity index (χ1v) is 9.05. The molecule has 2 fully saturated rings. The van der Waals surface area contributed by atoms with E-state index in [-0.39, 0.29) is 19.3 Å². The molecule has 0 unspecified atom stereocenters. The van der Waals surface area contributed by atoms with Gasteiger partial charge in [-0.1, -0.05) is 24.8 Å². The lowest BCUT2D eigenvalue weighted by molar-refractivity contribution is 0.0993. The van der Waals surface area contributed by atoms with Crippen molar-refractivity contribution in [1.82, 2.24) is 10.2 Å². The molecule has 0 aromatic heterocycles. The first-order chi connectivity index (χ1) is 12.0. The van der Waals surface area contributed by atoms with Crippen molar-refractivity contribution in [2.45, 2.75) is 24.9 Å². The van der Waals surface area contributed by atoms with Crippen LogP contribution >= 0.6 is 0 Å². The van der Waals surface area contributed by atoms with E-state index >= 15 is 0 Å². The van der Waals surface area contributed by atoms with E-state index in [9.17, 15) is 10.2 Å². The molecule has 1 aromatic rings. The van der Waals surface area contributed by atoms with Crippen LogP contribution in [0, 0.1) is 11.8 Å². The van der Waals surface area contributed by atoms with Crippen molar-refractivity contribution in [3.05, 3.63) is 42.0 Å². The van der Waals surface area contributed by atoms with Crippen molar-refractivity contribution in [3.8, 4) is 5.75 Å². The second-order valence-corrected chi connectivity index (χ2v) is 7.69. The van der Waals surface area contributed by atoms with Crippen LogP contribution in [0.5, 0.6) is 5.75 Å². The third kappa shape index (κ3) is 3.47. The van der Waals surface area contributed by atoms with Crippen molar-refractivity contribution in [3.63, 3.8) is 0 Å². The van der Waals surface area contributed by atoms with Gasteiger partial charge in [0.05, 0.1) is 6.61 Å². The molecule has 0 aliphatic carbocycles. The van der Waals surface area contributed by atoms with E-state index in [1.807, 2.05) is 25.1 Å². The molecule has 3 N–H and O–H groups in total. The summed E-state index contributed by atoms with van der Waals surface area (Å²) in [6.45, 7) is 8.38. The van der Waals surface area contributed by atoms with Gasteiger partial charge in [-0.15, -0.1) is 0 Å². The van der Waals surface area contributed by atoms with Crippen LogP contribution in [-0.2, 0) is 0 Å². The molecule has 3 rings (SSSR count). The monoisotopic (exact) mass is 346 g/mol. The summed E-state index contributed by atoms with van der Waals surface area (Å²) in [4.78, 5) is 2.32. The fourth-order valence-electron chi connectivity index (χ4n) is 4.56. The second-order valence-electron chi connectivity index (χ2n) is 7.69. The number of hydrogen-bond donors (Lipinski definition) is 3. The maximum atomic E-state index is 10.2. The SMILES string of the molecule is C=C(C)COc1ccccc1[C@@H]1N[C@@](CO)(CCO)[C@@H]2CN(C)C[C@@H]21. The highest BCUT2D eigenvalue weighted by molar-refractivity contribution is 5.39. The lowest BCUT2D eigenvalue weighted by atomic mass is 9.79. The molecule has 25 heavy (non-hydrogen) atoms. The standard InChI is InChI=1S/C20H30N2O3/c1-14(2)12-25-18-7-5-4-6-15(18)19-16-10-22(3)11-17(16)20(13-24,21-19)8-9-23/h4-7,16-17,19,21,23-24H,1,8-13H2,2-3H3/t16-,17+,19-,20+/m0/s1.